The zero-order valence-corrected chi connectivity index (χ0v) is 4.35. The van der Waals surface area contributed by atoms with Gasteiger partial charge in [-0.3, -0.25) is 10.3 Å². The van der Waals surface area contributed by atoms with E-state index in [1.807, 2.05) is 0 Å². The van der Waals surface area contributed by atoms with E-state index in [0.29, 0.717) is 13.3 Å². The fourth-order valence-corrected chi connectivity index (χ4v) is 0.478. The highest BCUT2D eigenvalue weighted by molar-refractivity contribution is 5.84. The zero-order valence-electron chi connectivity index (χ0n) is 4.35. The van der Waals surface area contributed by atoms with Gasteiger partial charge in [0.1, 0.15) is 13.3 Å². The average molecular weight is 116 g/mol. The largest absolute Gasteiger partial charge is 0.352 e. The molecule has 0 radical (unpaired) electrons. The quantitative estimate of drug-likeness (QED) is 0.378. The first-order valence-electron chi connectivity index (χ1n) is 2.28. The van der Waals surface area contributed by atoms with Crippen LogP contribution in [0.1, 0.15) is 0 Å². The maximum absolute atomic E-state index is 4.76. The Labute approximate surface area is 46.8 Å². The molecule has 0 fully saturated rings. The molecule has 8 heavy (non-hydrogen) atoms. The minimum absolute atomic E-state index is 0.340. The van der Waals surface area contributed by atoms with E-state index in [9.17, 15) is 0 Å². The first-order chi connectivity index (χ1) is 3.93. The fourth-order valence-electron chi connectivity index (χ4n) is 0.478. The molecule has 1 heterocycles. The van der Waals surface area contributed by atoms with Gasteiger partial charge in [-0.25, -0.2) is 5.90 Å². The molecule has 0 unspecified atom stereocenters. The van der Waals surface area contributed by atoms with Gasteiger partial charge in [0.05, 0.1) is 0 Å². The van der Waals surface area contributed by atoms with Crippen molar-refractivity contribution >= 4 is 5.84 Å². The molecule has 0 aliphatic carbocycles. The van der Waals surface area contributed by atoms with Crippen LogP contribution in [-0.4, -0.2) is 19.1 Å². The predicted molar refractivity (Wildman–Crippen MR) is 28.7 cm³/mol. The third-order valence-corrected chi connectivity index (χ3v) is 0.806. The van der Waals surface area contributed by atoms with Crippen LogP contribution in [0, 0.1) is 0 Å². The van der Waals surface area contributed by atoms with Crippen LogP contribution in [-0.2, 0) is 4.84 Å². The van der Waals surface area contributed by atoms with Crippen LogP contribution in [0.3, 0.4) is 0 Å². The Balaban J connectivity index is 2.23. The second-order valence-electron chi connectivity index (χ2n) is 1.38. The lowest BCUT2D eigenvalue weighted by molar-refractivity contribution is 0.176. The van der Waals surface area contributed by atoms with E-state index in [2.05, 4.69) is 20.7 Å². The molecule has 5 heteroatoms. The van der Waals surface area contributed by atoms with Crippen LogP contribution in [0.5, 0.6) is 0 Å². The lowest BCUT2D eigenvalue weighted by Gasteiger charge is -1.94. The van der Waals surface area contributed by atoms with Crippen molar-refractivity contribution in [2.75, 3.05) is 13.3 Å². The number of hydrazone groups is 1. The zero-order chi connectivity index (χ0) is 5.82. The van der Waals surface area contributed by atoms with Crippen LogP contribution in [0.2, 0.25) is 0 Å². The molecule has 1 aliphatic heterocycles. The summed E-state index contributed by atoms with van der Waals surface area (Å²) in [5.74, 6) is 5.50. The standard InChI is InChI=1S/C3H8N4O/c4-8-1-3-5-2-6-7-3/h6H,1-2,4H2,(H,5,7). The van der Waals surface area contributed by atoms with Crippen molar-refractivity contribution in [2.24, 2.45) is 11.0 Å². The fraction of sp³-hybridized carbons (Fsp3) is 0.667. The van der Waals surface area contributed by atoms with E-state index in [1.54, 1.807) is 0 Å². The highest BCUT2D eigenvalue weighted by Crippen LogP contribution is 1.76. The summed E-state index contributed by atoms with van der Waals surface area (Å²) in [6.07, 6.45) is 0. The van der Waals surface area contributed by atoms with Gasteiger partial charge in [-0.15, -0.1) is 0 Å². The molecule has 0 atom stereocenters. The van der Waals surface area contributed by atoms with Crippen molar-refractivity contribution in [1.29, 1.82) is 0 Å². The lowest BCUT2D eigenvalue weighted by atomic mass is 10.6. The summed E-state index contributed by atoms with van der Waals surface area (Å²) in [5.41, 5.74) is 2.70. The second-order valence-corrected chi connectivity index (χ2v) is 1.38. The van der Waals surface area contributed by atoms with E-state index in [4.69, 9.17) is 5.90 Å². The van der Waals surface area contributed by atoms with Crippen LogP contribution >= 0.6 is 0 Å². The predicted octanol–water partition coefficient (Wildman–Crippen LogP) is -1.66. The summed E-state index contributed by atoms with van der Waals surface area (Å²) < 4.78 is 0. The molecule has 0 amide bonds. The van der Waals surface area contributed by atoms with E-state index < -0.39 is 0 Å². The van der Waals surface area contributed by atoms with Crippen molar-refractivity contribution < 1.29 is 4.84 Å². The normalized spacial score (nSPS) is 16.9. The lowest BCUT2D eigenvalue weighted by Crippen LogP contribution is -2.25. The monoisotopic (exact) mass is 116 g/mol. The first-order valence-corrected chi connectivity index (χ1v) is 2.28. The van der Waals surface area contributed by atoms with E-state index >= 15 is 0 Å². The van der Waals surface area contributed by atoms with Gasteiger partial charge < -0.3 is 5.32 Å². The topological polar surface area (TPSA) is 71.7 Å². The summed E-state index contributed by atoms with van der Waals surface area (Å²) in [6, 6.07) is 0. The van der Waals surface area contributed by atoms with Crippen LogP contribution in [0.4, 0.5) is 0 Å². The molecular formula is C3H8N4O. The number of nitrogens with two attached hydrogens (primary N) is 1. The van der Waals surface area contributed by atoms with Gasteiger partial charge in [-0.2, -0.15) is 5.10 Å². The summed E-state index contributed by atoms with van der Waals surface area (Å²) in [5, 5.41) is 6.67. The molecule has 0 aromatic heterocycles. The third kappa shape index (κ3) is 1.08. The van der Waals surface area contributed by atoms with Crippen molar-refractivity contribution in [3.63, 3.8) is 0 Å². The minimum Gasteiger partial charge on any atom is -0.352 e. The van der Waals surface area contributed by atoms with E-state index in [1.165, 1.54) is 0 Å². The summed E-state index contributed by atoms with van der Waals surface area (Å²) in [7, 11) is 0. The van der Waals surface area contributed by atoms with Gasteiger partial charge in [0, 0.05) is 0 Å². The molecule has 0 aromatic carbocycles. The number of nitrogens with one attached hydrogen (secondary N) is 2. The molecule has 1 aliphatic rings. The molecule has 5 nitrogen and oxygen atoms in total. The maximum Gasteiger partial charge on any atom is 0.151 e. The Morgan fingerprint density at radius 1 is 1.88 bits per heavy atom. The highest BCUT2D eigenvalue weighted by atomic mass is 16.6. The Morgan fingerprint density at radius 2 is 2.75 bits per heavy atom. The van der Waals surface area contributed by atoms with Gasteiger partial charge in [-0.1, -0.05) is 0 Å². The van der Waals surface area contributed by atoms with Gasteiger partial charge in [0.15, 0.2) is 5.84 Å². The number of hydrogen-bond donors (Lipinski definition) is 3. The molecular weight excluding hydrogens is 108 g/mol. The van der Waals surface area contributed by atoms with Gasteiger partial charge in [0.2, 0.25) is 0 Å². The molecule has 4 N–H and O–H groups in total. The number of nitrogens with zero attached hydrogens (tertiary/aromatic N) is 1. The number of rotatable bonds is 2. The summed E-state index contributed by atoms with van der Waals surface area (Å²) in [4.78, 5) is 4.29. The van der Waals surface area contributed by atoms with Gasteiger partial charge >= 0.3 is 0 Å². The number of amidine groups is 1. The molecule has 0 spiro atoms. The van der Waals surface area contributed by atoms with Crippen LogP contribution < -0.4 is 16.6 Å². The van der Waals surface area contributed by atoms with Crippen molar-refractivity contribution in [1.82, 2.24) is 10.7 Å². The molecule has 46 valence electrons. The maximum atomic E-state index is 4.76. The van der Waals surface area contributed by atoms with Gasteiger partial charge in [-0.05, 0) is 0 Å². The molecule has 0 saturated heterocycles. The Bertz CT molecular complexity index is 101. The van der Waals surface area contributed by atoms with E-state index in [-0.39, 0.29) is 0 Å². The summed E-state index contributed by atoms with van der Waals surface area (Å²) in [6.45, 7) is 1.01. The third-order valence-electron chi connectivity index (χ3n) is 0.806. The SMILES string of the molecule is NOCC1=NNCN1. The molecule has 0 bridgehead atoms. The summed E-state index contributed by atoms with van der Waals surface area (Å²) >= 11 is 0. The smallest absolute Gasteiger partial charge is 0.151 e. The van der Waals surface area contributed by atoms with Crippen LogP contribution in [0.25, 0.3) is 0 Å². The van der Waals surface area contributed by atoms with Crippen molar-refractivity contribution in [3.8, 4) is 0 Å². The Kier molecular flexibility index (Phi) is 1.66. The number of hydrogen-bond acceptors (Lipinski definition) is 5. The average Bonchev–Trinajstić information content (AvgIpc) is 2.19. The van der Waals surface area contributed by atoms with Crippen LogP contribution in [0.15, 0.2) is 5.10 Å². The second kappa shape index (κ2) is 2.49. The minimum atomic E-state index is 0.340. The van der Waals surface area contributed by atoms with Crippen molar-refractivity contribution in [3.05, 3.63) is 0 Å². The highest BCUT2D eigenvalue weighted by Gasteiger charge is 2.01. The molecule has 0 saturated carbocycles. The first kappa shape index (κ1) is 5.33. The Hall–Kier alpha value is -0.810. The van der Waals surface area contributed by atoms with Crippen molar-refractivity contribution in [2.45, 2.75) is 0 Å². The van der Waals surface area contributed by atoms with Gasteiger partial charge in [0.25, 0.3) is 0 Å². The molecule has 1 rings (SSSR count). The van der Waals surface area contributed by atoms with E-state index in [0.717, 1.165) is 5.84 Å². The molecule has 0 aromatic rings. The Morgan fingerprint density at radius 3 is 3.25 bits per heavy atom.